The number of ether oxygens (including phenoxy) is 1. The smallest absolute Gasteiger partial charge is 0.255 e. The number of amides is 2. The highest BCUT2D eigenvalue weighted by Gasteiger charge is 2.43. The van der Waals surface area contributed by atoms with Crippen LogP contribution in [0.1, 0.15) is 48.0 Å². The molecule has 0 saturated carbocycles. The number of nitrogens with one attached hydrogen (secondary N) is 1. The van der Waals surface area contributed by atoms with Crippen molar-refractivity contribution in [2.24, 2.45) is 0 Å². The molecule has 1 N–H and O–H groups in total. The van der Waals surface area contributed by atoms with Gasteiger partial charge < -0.3 is 15.0 Å². The fourth-order valence-electron chi connectivity index (χ4n) is 4.32. The molecule has 2 unspecified atom stereocenters. The number of carbonyl (C=O) groups excluding carboxylic acids is 2. The van der Waals surface area contributed by atoms with Gasteiger partial charge in [-0.05, 0) is 37.0 Å². The van der Waals surface area contributed by atoms with Crippen LogP contribution in [0.15, 0.2) is 54.6 Å². The zero-order chi connectivity index (χ0) is 19.6. The highest BCUT2D eigenvalue weighted by Crippen LogP contribution is 2.33. The van der Waals surface area contributed by atoms with Crippen LogP contribution >= 0.6 is 0 Å². The molecule has 2 aliphatic heterocycles. The van der Waals surface area contributed by atoms with E-state index in [4.69, 9.17) is 4.74 Å². The van der Waals surface area contributed by atoms with Crippen molar-refractivity contribution in [2.45, 2.75) is 37.7 Å². The fourth-order valence-corrected chi connectivity index (χ4v) is 4.32. The number of nitrogens with zero attached hydrogens (tertiary/aromatic N) is 1. The van der Waals surface area contributed by atoms with Crippen LogP contribution in [-0.2, 0) is 4.79 Å². The topological polar surface area (TPSA) is 58.6 Å². The van der Waals surface area contributed by atoms with Crippen LogP contribution in [0.5, 0.6) is 5.75 Å². The van der Waals surface area contributed by atoms with E-state index >= 15 is 0 Å². The molecule has 5 nitrogen and oxygen atoms in total. The first-order valence-electron chi connectivity index (χ1n) is 10.0. The molecule has 0 aliphatic carbocycles. The highest BCUT2D eigenvalue weighted by molar-refractivity contribution is 5.97. The molecule has 1 saturated heterocycles. The first-order valence-corrected chi connectivity index (χ1v) is 10.0. The minimum Gasteiger partial charge on any atom is -0.483 e. The van der Waals surface area contributed by atoms with Gasteiger partial charge in [0.15, 0.2) is 0 Å². The van der Waals surface area contributed by atoms with Crippen molar-refractivity contribution in [3.8, 4) is 5.75 Å². The van der Waals surface area contributed by atoms with Gasteiger partial charge in [0.05, 0.1) is 24.6 Å². The minimum atomic E-state index is -0.578. The van der Waals surface area contributed by atoms with Crippen molar-refractivity contribution in [3.05, 3.63) is 65.7 Å². The molecule has 0 aromatic heterocycles. The van der Waals surface area contributed by atoms with Gasteiger partial charge in [0.1, 0.15) is 11.4 Å². The molecule has 2 aromatic rings. The monoisotopic (exact) mass is 378 g/mol. The second-order valence-corrected chi connectivity index (χ2v) is 7.70. The van der Waals surface area contributed by atoms with Gasteiger partial charge in [0.2, 0.25) is 5.91 Å². The van der Waals surface area contributed by atoms with Crippen LogP contribution in [0.3, 0.4) is 0 Å². The summed E-state index contributed by atoms with van der Waals surface area (Å²) >= 11 is 0. The van der Waals surface area contributed by atoms with Crippen molar-refractivity contribution in [1.82, 2.24) is 10.2 Å². The quantitative estimate of drug-likeness (QED) is 0.891. The Balaban J connectivity index is 1.57. The fraction of sp³-hybridized carbons (Fsp3) is 0.391. The summed E-state index contributed by atoms with van der Waals surface area (Å²) in [4.78, 5) is 27.7. The number of rotatable bonds is 3. The van der Waals surface area contributed by atoms with Crippen molar-refractivity contribution in [2.75, 3.05) is 19.6 Å². The predicted octanol–water partition coefficient (Wildman–Crippen LogP) is 3.36. The molecule has 28 heavy (non-hydrogen) atoms. The number of likely N-dealkylation sites (tertiary alicyclic amines) is 1. The summed E-state index contributed by atoms with van der Waals surface area (Å²) in [6, 6.07) is 17.3. The van der Waals surface area contributed by atoms with Crippen LogP contribution < -0.4 is 10.1 Å². The third kappa shape index (κ3) is 3.49. The van der Waals surface area contributed by atoms with Gasteiger partial charge in [-0.25, -0.2) is 0 Å². The SMILES string of the molecule is CCC(C(=O)N1CCCC2(CNC(=O)c3ccccc3O2)C1)c1ccccc1. The van der Waals surface area contributed by atoms with Gasteiger partial charge in [-0.1, -0.05) is 49.4 Å². The highest BCUT2D eigenvalue weighted by atomic mass is 16.5. The van der Waals surface area contributed by atoms with E-state index in [0.29, 0.717) is 24.4 Å². The third-order valence-corrected chi connectivity index (χ3v) is 5.79. The molecule has 2 heterocycles. The Morgan fingerprint density at radius 3 is 2.71 bits per heavy atom. The van der Waals surface area contributed by atoms with E-state index in [-0.39, 0.29) is 17.7 Å². The lowest BCUT2D eigenvalue weighted by atomic mass is 9.89. The summed E-state index contributed by atoms with van der Waals surface area (Å²) in [7, 11) is 0. The van der Waals surface area contributed by atoms with Crippen LogP contribution in [0, 0.1) is 0 Å². The zero-order valence-corrected chi connectivity index (χ0v) is 16.2. The molecular formula is C23H26N2O3. The molecule has 2 aromatic carbocycles. The molecule has 4 rings (SSSR count). The van der Waals surface area contributed by atoms with E-state index < -0.39 is 5.60 Å². The Kier molecular flexibility index (Phi) is 5.07. The first kappa shape index (κ1) is 18.5. The molecule has 1 spiro atoms. The Morgan fingerprint density at radius 2 is 1.93 bits per heavy atom. The molecule has 1 fully saturated rings. The molecule has 146 valence electrons. The maximum Gasteiger partial charge on any atom is 0.255 e. The lowest BCUT2D eigenvalue weighted by Crippen LogP contribution is -2.58. The van der Waals surface area contributed by atoms with Gasteiger partial charge in [-0.3, -0.25) is 9.59 Å². The lowest BCUT2D eigenvalue weighted by molar-refractivity contribution is -0.138. The summed E-state index contributed by atoms with van der Waals surface area (Å²) in [6.45, 7) is 3.67. The predicted molar refractivity (Wildman–Crippen MR) is 107 cm³/mol. The maximum absolute atomic E-state index is 13.3. The molecule has 0 bridgehead atoms. The van der Waals surface area contributed by atoms with Crippen molar-refractivity contribution >= 4 is 11.8 Å². The van der Waals surface area contributed by atoms with Gasteiger partial charge in [-0.2, -0.15) is 0 Å². The largest absolute Gasteiger partial charge is 0.483 e. The summed E-state index contributed by atoms with van der Waals surface area (Å²) < 4.78 is 6.38. The van der Waals surface area contributed by atoms with Gasteiger partial charge in [0.25, 0.3) is 5.91 Å². The molecule has 0 radical (unpaired) electrons. The number of hydrogen-bond acceptors (Lipinski definition) is 3. The van der Waals surface area contributed by atoms with Gasteiger partial charge in [0, 0.05) is 6.54 Å². The van der Waals surface area contributed by atoms with E-state index in [1.165, 1.54) is 0 Å². The van der Waals surface area contributed by atoms with Crippen LogP contribution in [0.2, 0.25) is 0 Å². The van der Waals surface area contributed by atoms with E-state index in [1.807, 2.05) is 60.4 Å². The Morgan fingerprint density at radius 1 is 1.18 bits per heavy atom. The molecule has 2 atom stereocenters. The first-order chi connectivity index (χ1) is 13.6. The van der Waals surface area contributed by atoms with Crippen LogP contribution in [0.25, 0.3) is 0 Å². The second-order valence-electron chi connectivity index (χ2n) is 7.70. The summed E-state index contributed by atoms with van der Waals surface area (Å²) in [5.41, 5.74) is 1.03. The van der Waals surface area contributed by atoms with Gasteiger partial charge >= 0.3 is 0 Å². The number of hydrogen-bond donors (Lipinski definition) is 1. The van der Waals surface area contributed by atoms with E-state index in [0.717, 1.165) is 31.4 Å². The Bertz CT molecular complexity index is 867. The average Bonchev–Trinajstić information content (AvgIpc) is 2.86. The molecule has 2 amide bonds. The van der Waals surface area contributed by atoms with Crippen LogP contribution in [-0.4, -0.2) is 41.9 Å². The number of fused-ring (bicyclic) bond motifs is 1. The molecular weight excluding hydrogens is 352 g/mol. The third-order valence-electron chi connectivity index (χ3n) is 5.79. The standard InChI is InChI=1S/C23H26N2O3/c1-2-18(17-9-4-3-5-10-17)22(27)25-14-8-13-23(16-25)15-24-21(26)19-11-6-7-12-20(19)28-23/h3-7,9-12,18H,2,8,13-16H2,1H3,(H,24,26). The summed E-state index contributed by atoms with van der Waals surface area (Å²) in [5.74, 6) is 0.470. The Hall–Kier alpha value is -2.82. The zero-order valence-electron chi connectivity index (χ0n) is 16.2. The van der Waals surface area contributed by atoms with Crippen molar-refractivity contribution < 1.29 is 14.3 Å². The van der Waals surface area contributed by atoms with Crippen molar-refractivity contribution in [3.63, 3.8) is 0 Å². The number of carbonyl (C=O) groups is 2. The lowest BCUT2D eigenvalue weighted by Gasteiger charge is -2.43. The number of piperidine rings is 1. The Labute approximate surface area is 165 Å². The van der Waals surface area contributed by atoms with Crippen LogP contribution in [0.4, 0.5) is 0 Å². The van der Waals surface area contributed by atoms with E-state index in [2.05, 4.69) is 5.32 Å². The second kappa shape index (κ2) is 7.66. The molecule has 2 aliphatic rings. The maximum atomic E-state index is 13.3. The summed E-state index contributed by atoms with van der Waals surface area (Å²) in [6.07, 6.45) is 2.43. The number of benzene rings is 2. The average molecular weight is 378 g/mol. The van der Waals surface area contributed by atoms with E-state index in [9.17, 15) is 9.59 Å². The van der Waals surface area contributed by atoms with E-state index in [1.54, 1.807) is 6.07 Å². The number of para-hydroxylation sites is 1. The summed E-state index contributed by atoms with van der Waals surface area (Å²) in [5, 5.41) is 2.99. The molecule has 5 heteroatoms. The normalized spacial score (nSPS) is 22.6. The van der Waals surface area contributed by atoms with Gasteiger partial charge in [-0.15, -0.1) is 0 Å². The van der Waals surface area contributed by atoms with Crippen molar-refractivity contribution in [1.29, 1.82) is 0 Å². The minimum absolute atomic E-state index is 0.119.